The third kappa shape index (κ3) is 3.54. The first-order chi connectivity index (χ1) is 13.5. The summed E-state index contributed by atoms with van der Waals surface area (Å²) >= 11 is 1.38. The number of benzene rings is 2. The molecule has 144 valence electrons. The van der Waals surface area contributed by atoms with E-state index in [9.17, 15) is 14.9 Å². The molecule has 2 heterocycles. The fourth-order valence-corrected chi connectivity index (χ4v) is 4.14. The van der Waals surface area contributed by atoms with Crippen LogP contribution in [-0.2, 0) is 4.74 Å². The molecule has 9 heteroatoms. The lowest BCUT2D eigenvalue weighted by Gasteiger charge is -2.30. The van der Waals surface area contributed by atoms with E-state index >= 15 is 0 Å². The second-order valence-corrected chi connectivity index (χ2v) is 7.48. The predicted octanol–water partition coefficient (Wildman–Crippen LogP) is 3.60. The molecule has 1 fully saturated rings. The van der Waals surface area contributed by atoms with Gasteiger partial charge in [-0.2, -0.15) is 0 Å². The number of anilines is 2. The average Bonchev–Trinajstić information content (AvgIpc) is 3.12. The van der Waals surface area contributed by atoms with Gasteiger partial charge in [-0.05, 0) is 24.6 Å². The molecule has 0 spiro atoms. The molecule has 3 aromatic rings. The number of fused-ring (bicyclic) bond motifs is 1. The van der Waals surface area contributed by atoms with Crippen LogP contribution in [0, 0.1) is 17.0 Å². The summed E-state index contributed by atoms with van der Waals surface area (Å²) < 4.78 is 6.34. The van der Waals surface area contributed by atoms with Crippen LogP contribution in [-0.4, -0.2) is 42.1 Å². The van der Waals surface area contributed by atoms with E-state index in [1.54, 1.807) is 6.07 Å². The number of thiazole rings is 1. The van der Waals surface area contributed by atoms with E-state index in [1.807, 2.05) is 30.0 Å². The highest BCUT2D eigenvalue weighted by Gasteiger charge is 2.23. The van der Waals surface area contributed by atoms with Crippen molar-refractivity contribution in [3.8, 4) is 0 Å². The molecule has 1 aliphatic heterocycles. The van der Waals surface area contributed by atoms with E-state index in [0.717, 1.165) is 15.8 Å². The van der Waals surface area contributed by atoms with Crippen molar-refractivity contribution in [1.82, 2.24) is 4.98 Å². The Hall–Kier alpha value is -3.04. The lowest BCUT2D eigenvalue weighted by molar-refractivity contribution is -0.384. The van der Waals surface area contributed by atoms with Crippen LogP contribution in [0.1, 0.15) is 15.9 Å². The van der Waals surface area contributed by atoms with E-state index in [0.29, 0.717) is 37.1 Å². The summed E-state index contributed by atoms with van der Waals surface area (Å²) in [5.41, 5.74) is 2.66. The van der Waals surface area contributed by atoms with Gasteiger partial charge in [0.25, 0.3) is 11.6 Å². The largest absolute Gasteiger partial charge is 0.378 e. The molecule has 0 atom stereocenters. The van der Waals surface area contributed by atoms with Gasteiger partial charge in [-0.3, -0.25) is 20.2 Å². The molecule has 1 N–H and O–H groups in total. The Morgan fingerprint density at radius 2 is 2.07 bits per heavy atom. The normalized spacial score (nSPS) is 14.2. The fourth-order valence-electron chi connectivity index (χ4n) is 3.20. The fraction of sp³-hybridized carbons (Fsp3) is 0.263. The van der Waals surface area contributed by atoms with Gasteiger partial charge in [-0.15, -0.1) is 0 Å². The molecule has 8 nitrogen and oxygen atoms in total. The second kappa shape index (κ2) is 7.53. The van der Waals surface area contributed by atoms with Gasteiger partial charge in [0.05, 0.1) is 39.6 Å². The smallest absolute Gasteiger partial charge is 0.270 e. The zero-order valence-corrected chi connectivity index (χ0v) is 16.0. The van der Waals surface area contributed by atoms with Crippen LogP contribution in [0.15, 0.2) is 36.4 Å². The SMILES string of the molecule is Cc1cccc2sc(NC(=O)c3cc([N+](=O)[O-])ccc3N3CCOCC3)nc12. The van der Waals surface area contributed by atoms with Crippen molar-refractivity contribution >= 4 is 44.0 Å². The van der Waals surface area contributed by atoms with Crippen molar-refractivity contribution in [2.45, 2.75) is 6.92 Å². The highest BCUT2D eigenvalue weighted by Crippen LogP contribution is 2.30. The number of rotatable bonds is 4. The topological polar surface area (TPSA) is 97.6 Å². The molecule has 2 aromatic carbocycles. The lowest BCUT2D eigenvalue weighted by Crippen LogP contribution is -2.37. The summed E-state index contributed by atoms with van der Waals surface area (Å²) in [6.45, 7) is 4.31. The Balaban J connectivity index is 1.68. The first-order valence-corrected chi connectivity index (χ1v) is 9.63. The number of nitro groups is 1. The zero-order valence-electron chi connectivity index (χ0n) is 15.2. The number of non-ortho nitro benzene ring substituents is 1. The number of nitro benzene ring substituents is 1. The summed E-state index contributed by atoms with van der Waals surface area (Å²) in [7, 11) is 0. The molecular formula is C19H18N4O4S. The van der Waals surface area contributed by atoms with E-state index in [4.69, 9.17) is 4.74 Å². The van der Waals surface area contributed by atoms with E-state index in [-0.39, 0.29) is 11.3 Å². The number of carbonyl (C=O) groups is 1. The Labute approximate surface area is 164 Å². The minimum absolute atomic E-state index is 0.123. The van der Waals surface area contributed by atoms with Gasteiger partial charge in [0.1, 0.15) is 0 Å². The number of nitrogens with zero attached hydrogens (tertiary/aromatic N) is 3. The highest BCUT2D eigenvalue weighted by molar-refractivity contribution is 7.22. The van der Waals surface area contributed by atoms with E-state index in [2.05, 4.69) is 10.3 Å². The molecule has 4 rings (SSSR count). The molecule has 28 heavy (non-hydrogen) atoms. The quantitative estimate of drug-likeness (QED) is 0.533. The van der Waals surface area contributed by atoms with E-state index in [1.165, 1.54) is 23.5 Å². The maximum Gasteiger partial charge on any atom is 0.270 e. The third-order valence-corrected chi connectivity index (χ3v) is 5.56. The summed E-state index contributed by atoms with van der Waals surface area (Å²) in [5, 5.41) is 14.5. The standard InChI is InChI=1S/C19H18N4O4S/c1-12-3-2-4-16-17(12)20-19(28-16)21-18(24)14-11-13(23(25)26)5-6-15(14)22-7-9-27-10-8-22/h2-6,11H,7-10H2,1H3,(H,20,21,24). The summed E-state index contributed by atoms with van der Waals surface area (Å²) in [5.74, 6) is -0.415. The van der Waals surface area contributed by atoms with Gasteiger partial charge in [-0.25, -0.2) is 4.98 Å². The predicted molar refractivity (Wildman–Crippen MR) is 108 cm³/mol. The van der Waals surface area contributed by atoms with Crippen LogP contribution in [0.4, 0.5) is 16.5 Å². The van der Waals surface area contributed by atoms with Gasteiger partial charge in [0.15, 0.2) is 5.13 Å². The number of aryl methyl sites for hydroxylation is 1. The molecule has 1 saturated heterocycles. The summed E-state index contributed by atoms with van der Waals surface area (Å²) in [4.78, 5) is 30.2. The van der Waals surface area contributed by atoms with Crippen molar-refractivity contribution in [2.24, 2.45) is 0 Å². The average molecular weight is 398 g/mol. The van der Waals surface area contributed by atoms with Crippen LogP contribution in [0.5, 0.6) is 0 Å². The first-order valence-electron chi connectivity index (χ1n) is 8.81. The summed E-state index contributed by atoms with van der Waals surface area (Å²) in [6.07, 6.45) is 0. The molecule has 1 aliphatic rings. The number of nitrogens with one attached hydrogen (secondary N) is 1. The number of hydrogen-bond acceptors (Lipinski definition) is 7. The van der Waals surface area contributed by atoms with Crippen molar-refractivity contribution in [3.05, 3.63) is 57.6 Å². The number of hydrogen-bond donors (Lipinski definition) is 1. The molecule has 1 aromatic heterocycles. The Morgan fingerprint density at radius 3 is 2.79 bits per heavy atom. The minimum atomic E-state index is -0.499. The van der Waals surface area contributed by atoms with Crippen molar-refractivity contribution < 1.29 is 14.5 Å². The van der Waals surface area contributed by atoms with Gasteiger partial charge in [0.2, 0.25) is 0 Å². The number of aromatic nitrogens is 1. The van der Waals surface area contributed by atoms with Crippen molar-refractivity contribution in [3.63, 3.8) is 0 Å². The number of amides is 1. The lowest BCUT2D eigenvalue weighted by atomic mass is 10.1. The van der Waals surface area contributed by atoms with Crippen molar-refractivity contribution in [1.29, 1.82) is 0 Å². The summed E-state index contributed by atoms with van der Waals surface area (Å²) in [6, 6.07) is 10.2. The van der Waals surface area contributed by atoms with Gasteiger partial charge in [-0.1, -0.05) is 23.5 Å². The molecule has 1 amide bonds. The van der Waals surface area contributed by atoms with Crippen LogP contribution >= 0.6 is 11.3 Å². The zero-order chi connectivity index (χ0) is 19.7. The maximum atomic E-state index is 13.0. The molecule has 0 saturated carbocycles. The highest BCUT2D eigenvalue weighted by atomic mass is 32.1. The van der Waals surface area contributed by atoms with Gasteiger partial charge < -0.3 is 9.64 Å². The van der Waals surface area contributed by atoms with Crippen molar-refractivity contribution in [2.75, 3.05) is 36.5 Å². The minimum Gasteiger partial charge on any atom is -0.378 e. The second-order valence-electron chi connectivity index (χ2n) is 6.45. The molecule has 0 aliphatic carbocycles. The monoisotopic (exact) mass is 398 g/mol. The molecule has 0 bridgehead atoms. The van der Waals surface area contributed by atoms with E-state index < -0.39 is 10.8 Å². The third-order valence-electron chi connectivity index (χ3n) is 4.63. The van der Waals surface area contributed by atoms with Crippen LogP contribution < -0.4 is 10.2 Å². The van der Waals surface area contributed by atoms with Crippen LogP contribution in [0.3, 0.4) is 0 Å². The Kier molecular flexibility index (Phi) is 4.93. The number of carbonyl (C=O) groups excluding carboxylic acids is 1. The number of morpholine rings is 1. The Morgan fingerprint density at radius 1 is 1.29 bits per heavy atom. The van der Waals surface area contributed by atoms with Gasteiger partial charge >= 0.3 is 0 Å². The molecular weight excluding hydrogens is 380 g/mol. The van der Waals surface area contributed by atoms with Gasteiger partial charge in [0, 0.05) is 25.2 Å². The molecule has 0 radical (unpaired) electrons. The van der Waals surface area contributed by atoms with Crippen LogP contribution in [0.2, 0.25) is 0 Å². The first kappa shape index (κ1) is 18.3. The number of para-hydroxylation sites is 1. The Bertz CT molecular complexity index is 1060. The maximum absolute atomic E-state index is 13.0. The number of ether oxygens (including phenoxy) is 1. The van der Waals surface area contributed by atoms with Crippen LogP contribution in [0.25, 0.3) is 10.2 Å². The molecule has 0 unspecified atom stereocenters.